The lowest BCUT2D eigenvalue weighted by Gasteiger charge is -2.18. The summed E-state index contributed by atoms with van der Waals surface area (Å²) < 4.78 is 73.1. The van der Waals surface area contributed by atoms with Gasteiger partial charge >= 0.3 is 17.3 Å². The van der Waals surface area contributed by atoms with Crippen LogP contribution in [0, 0.1) is 0 Å². The van der Waals surface area contributed by atoms with Crippen LogP contribution < -0.4 is 14.2 Å². The standard InChI is InChI=1S/C31H31ClN2O8S2/c1-2-22(18-30-33(14-6-16-40-43(35)36)27-21-25(32)11-13-29(27)42-30)19-31-34(15-7-17-44(37,38)39)26-20-24(10-12-28(26)41-31)23-8-4-3-5-9-23/h3-5,8-13,18-21H,2,6-7,14-17H2,1H3,(H-,35,36,37,38,39). The van der Waals surface area contributed by atoms with Gasteiger partial charge in [-0.15, -0.1) is 0 Å². The molecule has 1 aliphatic rings. The molecule has 1 aromatic heterocycles. The van der Waals surface area contributed by atoms with Crippen LogP contribution in [0.3, 0.4) is 0 Å². The summed E-state index contributed by atoms with van der Waals surface area (Å²) in [6.07, 6.45) is 4.92. The van der Waals surface area contributed by atoms with Gasteiger partial charge in [0.2, 0.25) is 11.5 Å². The number of halogens is 1. The summed E-state index contributed by atoms with van der Waals surface area (Å²) in [6, 6.07) is 21.0. The number of allylic oxidation sites excluding steroid dienone is 2. The van der Waals surface area contributed by atoms with Crippen LogP contribution in [0.4, 0.5) is 5.69 Å². The summed E-state index contributed by atoms with van der Waals surface area (Å²) in [4.78, 5) is 1.92. The Balaban J connectivity index is 1.52. The van der Waals surface area contributed by atoms with Gasteiger partial charge in [0.1, 0.15) is 0 Å². The van der Waals surface area contributed by atoms with E-state index in [1.54, 1.807) is 18.2 Å². The molecular weight excluding hydrogens is 628 g/mol. The van der Waals surface area contributed by atoms with Gasteiger partial charge in [0.25, 0.3) is 5.52 Å². The van der Waals surface area contributed by atoms with Crippen LogP contribution >= 0.6 is 11.6 Å². The number of oxazole rings is 1. The molecule has 1 atom stereocenters. The first-order chi connectivity index (χ1) is 21.1. The third kappa shape index (κ3) is 7.95. The molecule has 0 amide bonds. The molecule has 0 radical (unpaired) electrons. The molecule has 0 aliphatic carbocycles. The summed E-state index contributed by atoms with van der Waals surface area (Å²) in [6.45, 7) is 2.75. The minimum absolute atomic E-state index is 0.0717. The highest BCUT2D eigenvalue weighted by molar-refractivity contribution is 7.85. The predicted octanol–water partition coefficient (Wildman–Crippen LogP) is 6.05. The average Bonchev–Trinajstić information content (AvgIpc) is 3.50. The maximum absolute atomic E-state index is 11.4. The van der Waals surface area contributed by atoms with Crippen molar-refractivity contribution >= 4 is 55.9 Å². The molecule has 1 N–H and O–H groups in total. The van der Waals surface area contributed by atoms with Crippen molar-refractivity contribution in [1.82, 2.24) is 0 Å². The Kier molecular flexibility index (Phi) is 10.2. The number of hydrogen-bond donors (Lipinski definition) is 1. The fraction of sp³-hybridized carbons (Fsp3) is 0.258. The van der Waals surface area contributed by atoms with Gasteiger partial charge in [0, 0.05) is 35.9 Å². The molecule has 0 saturated heterocycles. The quantitative estimate of drug-likeness (QED) is 0.0788. The van der Waals surface area contributed by atoms with Crippen LogP contribution in [0.5, 0.6) is 5.75 Å². The maximum atomic E-state index is 11.4. The van der Waals surface area contributed by atoms with Gasteiger partial charge in [-0.2, -0.15) is 8.78 Å². The van der Waals surface area contributed by atoms with E-state index in [1.807, 2.05) is 77.1 Å². The topological polar surface area (TPSA) is 133 Å². The molecule has 13 heteroatoms. The lowest BCUT2D eigenvalue weighted by Crippen LogP contribution is -2.36. The van der Waals surface area contributed by atoms with Crippen LogP contribution in [-0.4, -0.2) is 40.6 Å². The largest absolute Gasteiger partial charge is 0.748 e. The van der Waals surface area contributed by atoms with E-state index in [0.29, 0.717) is 47.5 Å². The van der Waals surface area contributed by atoms with E-state index in [4.69, 9.17) is 29.5 Å². The monoisotopic (exact) mass is 658 g/mol. The highest BCUT2D eigenvalue weighted by atomic mass is 35.5. The third-order valence-electron chi connectivity index (χ3n) is 7.04. The minimum Gasteiger partial charge on any atom is -0.748 e. The van der Waals surface area contributed by atoms with Crippen molar-refractivity contribution in [1.29, 1.82) is 0 Å². The van der Waals surface area contributed by atoms with Crippen LogP contribution in [0.15, 0.2) is 88.7 Å². The van der Waals surface area contributed by atoms with E-state index in [9.17, 15) is 17.2 Å². The van der Waals surface area contributed by atoms with E-state index in [0.717, 1.165) is 27.9 Å². The fourth-order valence-corrected chi connectivity index (χ4v) is 5.89. The van der Waals surface area contributed by atoms with Gasteiger partial charge < -0.3 is 18.6 Å². The zero-order chi connectivity index (χ0) is 31.3. The number of rotatable bonds is 13. The first-order valence-electron chi connectivity index (χ1n) is 14.0. The zero-order valence-electron chi connectivity index (χ0n) is 23.8. The van der Waals surface area contributed by atoms with E-state index in [-0.39, 0.29) is 19.6 Å². The second-order valence-electron chi connectivity index (χ2n) is 10.1. The van der Waals surface area contributed by atoms with Crippen molar-refractivity contribution in [3.63, 3.8) is 0 Å². The highest BCUT2D eigenvalue weighted by Gasteiger charge is 2.27. The smallest absolute Gasteiger partial charge is 0.374 e. The molecule has 0 spiro atoms. The molecule has 3 aromatic carbocycles. The molecule has 232 valence electrons. The second kappa shape index (κ2) is 14.1. The predicted molar refractivity (Wildman–Crippen MR) is 168 cm³/mol. The number of aromatic nitrogens is 1. The van der Waals surface area contributed by atoms with Crippen LogP contribution in [0.2, 0.25) is 5.02 Å². The number of aryl methyl sites for hydroxylation is 1. The minimum atomic E-state index is -4.38. The summed E-state index contributed by atoms with van der Waals surface area (Å²) in [5, 5.41) is 0.538. The van der Waals surface area contributed by atoms with Crippen LogP contribution in [0.25, 0.3) is 28.3 Å². The third-order valence-corrected chi connectivity index (χ3v) is 8.43. The molecule has 1 unspecified atom stereocenters. The fourth-order valence-electron chi connectivity index (χ4n) is 4.98. The van der Waals surface area contributed by atoms with Crippen molar-refractivity contribution < 1.29 is 39.6 Å². The maximum Gasteiger partial charge on any atom is 0.374 e. The number of ether oxygens (including phenoxy) is 1. The SMILES string of the molecule is CCC(=Cc1oc2ccc(-c3ccccc3)cc2[n+]1CCCS(=O)(=O)[O-])C=C1Oc2ccc(Cl)cc2N1CCCOS(=O)O. The number of nitrogens with zero attached hydrogens (tertiary/aromatic N) is 2. The Labute approximate surface area is 263 Å². The Morgan fingerprint density at radius 3 is 2.64 bits per heavy atom. The molecule has 0 saturated carbocycles. The number of anilines is 1. The van der Waals surface area contributed by atoms with Gasteiger partial charge in [-0.3, -0.25) is 8.74 Å². The Morgan fingerprint density at radius 2 is 1.91 bits per heavy atom. The molecule has 5 rings (SSSR count). The first-order valence-corrected chi connectivity index (χ1v) is 17.0. The number of benzene rings is 3. The second-order valence-corrected chi connectivity index (χ2v) is 12.7. The molecule has 0 fully saturated rings. The van der Waals surface area contributed by atoms with Crippen molar-refractivity contribution in [3.05, 3.63) is 95.2 Å². The molecular formula is C31H31ClN2O8S2. The lowest BCUT2D eigenvalue weighted by molar-refractivity contribution is -0.677. The summed E-state index contributed by atoms with van der Waals surface area (Å²) in [5.74, 6) is 1.16. The lowest BCUT2D eigenvalue weighted by atomic mass is 10.1. The van der Waals surface area contributed by atoms with E-state index >= 15 is 0 Å². The molecule has 1 aliphatic heterocycles. The molecule has 0 bridgehead atoms. The first kappa shape index (κ1) is 31.9. The van der Waals surface area contributed by atoms with Crippen molar-refractivity contribution in [2.24, 2.45) is 0 Å². The van der Waals surface area contributed by atoms with E-state index in [1.165, 1.54) is 0 Å². The van der Waals surface area contributed by atoms with Crippen LogP contribution in [-0.2, 0) is 32.2 Å². The molecule has 4 aromatic rings. The summed E-state index contributed by atoms with van der Waals surface area (Å²) in [7, 11) is -4.38. The van der Waals surface area contributed by atoms with Crippen molar-refractivity contribution in [2.75, 3.05) is 23.8 Å². The highest BCUT2D eigenvalue weighted by Crippen LogP contribution is 2.41. The molecule has 44 heavy (non-hydrogen) atoms. The van der Waals surface area contributed by atoms with Crippen LogP contribution in [0.1, 0.15) is 32.1 Å². The van der Waals surface area contributed by atoms with Crippen molar-refractivity contribution in [2.45, 2.75) is 32.7 Å². The Bertz CT molecular complexity index is 1840. The Morgan fingerprint density at radius 1 is 1.11 bits per heavy atom. The van der Waals surface area contributed by atoms with E-state index < -0.39 is 27.2 Å². The normalized spacial score (nSPS) is 15.1. The average molecular weight is 659 g/mol. The van der Waals surface area contributed by atoms with Crippen molar-refractivity contribution in [3.8, 4) is 16.9 Å². The van der Waals surface area contributed by atoms with Gasteiger partial charge in [-0.25, -0.2) is 8.42 Å². The summed E-state index contributed by atoms with van der Waals surface area (Å²) in [5.41, 5.74) is 4.99. The number of hydrogen-bond acceptors (Lipinski definition) is 8. The number of fused-ring (bicyclic) bond motifs is 2. The Hall–Kier alpha value is -3.52. The van der Waals surface area contributed by atoms with E-state index in [2.05, 4.69) is 0 Å². The van der Waals surface area contributed by atoms with Gasteiger partial charge in [0.15, 0.2) is 12.3 Å². The molecule has 10 nitrogen and oxygen atoms in total. The van der Waals surface area contributed by atoms with Gasteiger partial charge in [-0.1, -0.05) is 54.9 Å². The van der Waals surface area contributed by atoms with Gasteiger partial charge in [0.05, 0.1) is 28.5 Å². The zero-order valence-corrected chi connectivity index (χ0v) is 26.2. The van der Waals surface area contributed by atoms with Gasteiger partial charge in [-0.05, 0) is 53.8 Å². The summed E-state index contributed by atoms with van der Waals surface area (Å²) >= 11 is 3.93. The molecule has 2 heterocycles.